The molecular weight excluding hydrogens is 877 g/mol. The highest BCUT2D eigenvalue weighted by molar-refractivity contribution is 6.14. The lowest BCUT2D eigenvalue weighted by Gasteiger charge is -2.21. The van der Waals surface area contributed by atoms with E-state index >= 15 is 0 Å². The van der Waals surface area contributed by atoms with Crippen molar-refractivity contribution in [2.24, 2.45) is 0 Å². The molecule has 0 atom stereocenters. The predicted molar refractivity (Wildman–Crippen MR) is 294 cm³/mol. The number of hydrogen-bond acceptors (Lipinski definition) is 2. The first kappa shape index (κ1) is 43.1. The summed E-state index contributed by atoms with van der Waals surface area (Å²) in [5.41, 5.74) is 16.8. The molecule has 0 aliphatic carbocycles. The van der Waals surface area contributed by atoms with E-state index in [4.69, 9.17) is 13.1 Å². The summed E-state index contributed by atoms with van der Waals surface area (Å²) < 4.78 is 4.12. The Balaban J connectivity index is 1.08. The minimum Gasteiger partial charge on any atom is -0.318 e. The molecule has 0 N–H and O–H groups in total. The molecule has 2 heterocycles. The average Bonchev–Trinajstić information content (AvgIpc) is 3.94. The summed E-state index contributed by atoms with van der Waals surface area (Å²) in [6, 6.07) is 75.3. The van der Waals surface area contributed by atoms with Crippen LogP contribution in [0.4, 0.5) is 11.4 Å². The molecule has 6 heteroatoms. The third-order valence-corrected chi connectivity index (χ3v) is 14.2. The summed E-state index contributed by atoms with van der Waals surface area (Å²) in [5.74, 6) is 0. The molecule has 0 aliphatic heterocycles. The molecule has 0 fully saturated rings. The standard InChI is InChI=1S/C66H40N6/c1-41-53(38-59(69-3)66(58(41)40-68)72-62-31-27-49(45-21-13-7-14-22-45)35-56(62)57-36-50(28-32-63(57)72)46-23-15-8-16-24-46)52-37-51(39-67)65(64(70-4)42(52)2)71-60-29-25-47(43-17-9-5-10-18-43)33-54(60)55-34-48(26-30-61(55)71)44-19-11-6-12-20-44/h5-38H,1-2H3. The van der Waals surface area contributed by atoms with Gasteiger partial charge in [-0.2, -0.15) is 10.5 Å². The zero-order chi connectivity index (χ0) is 49.0. The Morgan fingerprint density at radius 1 is 0.375 bits per heavy atom. The maximum atomic E-state index is 11.3. The molecule has 0 amide bonds. The molecule has 0 unspecified atom stereocenters. The van der Waals surface area contributed by atoms with Crippen molar-refractivity contribution in [3.05, 3.63) is 251 Å². The molecule has 0 spiro atoms. The van der Waals surface area contributed by atoms with Crippen LogP contribution in [0.25, 0.3) is 120 Å². The van der Waals surface area contributed by atoms with Crippen molar-refractivity contribution < 1.29 is 0 Å². The Bertz CT molecular complexity index is 3890. The Labute approximate surface area is 417 Å². The number of nitrogens with zero attached hydrogens (tertiary/aromatic N) is 6. The smallest absolute Gasteiger partial charge is 0.215 e. The van der Waals surface area contributed by atoms with Gasteiger partial charge in [-0.3, -0.25) is 0 Å². The van der Waals surface area contributed by atoms with Crippen molar-refractivity contribution >= 4 is 55.0 Å². The second-order valence-corrected chi connectivity index (χ2v) is 18.1. The molecule has 12 rings (SSSR count). The Morgan fingerprint density at radius 3 is 1.07 bits per heavy atom. The van der Waals surface area contributed by atoms with Crippen LogP contribution in [-0.2, 0) is 0 Å². The largest absolute Gasteiger partial charge is 0.318 e. The van der Waals surface area contributed by atoms with Gasteiger partial charge in [0.2, 0.25) is 11.4 Å². The third-order valence-electron chi connectivity index (χ3n) is 14.2. The topological polar surface area (TPSA) is 66.2 Å². The fourth-order valence-electron chi connectivity index (χ4n) is 10.7. The fraction of sp³-hybridized carbons (Fsp3) is 0.0303. The summed E-state index contributed by atoms with van der Waals surface area (Å²) in [4.78, 5) is 8.37. The van der Waals surface area contributed by atoms with E-state index in [1.54, 1.807) is 0 Å². The monoisotopic (exact) mass is 916 g/mol. The van der Waals surface area contributed by atoms with E-state index in [9.17, 15) is 10.5 Å². The lowest BCUT2D eigenvalue weighted by molar-refractivity contribution is 1.16. The number of fused-ring (bicyclic) bond motifs is 6. The Morgan fingerprint density at radius 2 is 0.736 bits per heavy atom. The molecule has 72 heavy (non-hydrogen) atoms. The van der Waals surface area contributed by atoms with Crippen LogP contribution in [0.1, 0.15) is 22.3 Å². The van der Waals surface area contributed by atoms with Crippen molar-refractivity contribution in [1.82, 2.24) is 9.13 Å². The van der Waals surface area contributed by atoms with Crippen LogP contribution >= 0.6 is 0 Å². The van der Waals surface area contributed by atoms with Gasteiger partial charge in [0.1, 0.15) is 6.07 Å². The summed E-state index contributed by atoms with van der Waals surface area (Å²) in [7, 11) is 0. The van der Waals surface area contributed by atoms with Gasteiger partial charge < -0.3 is 9.13 Å². The van der Waals surface area contributed by atoms with Gasteiger partial charge in [-0.1, -0.05) is 146 Å². The minimum absolute atomic E-state index is 0.280. The zero-order valence-corrected chi connectivity index (χ0v) is 39.3. The first-order valence-corrected chi connectivity index (χ1v) is 23.7. The van der Waals surface area contributed by atoms with Crippen LogP contribution in [0.3, 0.4) is 0 Å². The normalized spacial score (nSPS) is 11.1. The number of nitriles is 2. The van der Waals surface area contributed by atoms with Crippen LogP contribution in [0.15, 0.2) is 206 Å². The average molecular weight is 917 g/mol. The van der Waals surface area contributed by atoms with Crippen LogP contribution in [0.5, 0.6) is 0 Å². The van der Waals surface area contributed by atoms with Crippen molar-refractivity contribution in [3.8, 4) is 79.1 Å². The minimum atomic E-state index is 0.280. The first-order chi connectivity index (χ1) is 35.4. The molecule has 12 aromatic rings. The summed E-state index contributed by atoms with van der Waals surface area (Å²) in [6.07, 6.45) is 0. The van der Waals surface area contributed by atoms with E-state index in [1.807, 2.05) is 98.8 Å². The second-order valence-electron chi connectivity index (χ2n) is 18.1. The Kier molecular flexibility index (Phi) is 10.4. The van der Waals surface area contributed by atoms with Crippen molar-refractivity contribution in [2.75, 3.05) is 0 Å². The molecule has 0 bridgehead atoms. The van der Waals surface area contributed by atoms with E-state index in [-0.39, 0.29) is 5.69 Å². The van der Waals surface area contributed by atoms with E-state index in [0.29, 0.717) is 50.4 Å². The van der Waals surface area contributed by atoms with Crippen LogP contribution < -0.4 is 0 Å². The molecule has 0 saturated heterocycles. The first-order valence-electron chi connectivity index (χ1n) is 23.7. The molecule has 10 aromatic carbocycles. The molecule has 2 aromatic heterocycles. The van der Waals surface area contributed by atoms with E-state index in [0.717, 1.165) is 88.1 Å². The van der Waals surface area contributed by atoms with Crippen molar-refractivity contribution in [3.63, 3.8) is 0 Å². The number of benzene rings is 10. The molecule has 0 radical (unpaired) electrons. The number of aromatic nitrogens is 2. The highest BCUT2D eigenvalue weighted by Gasteiger charge is 2.27. The number of hydrogen-bond donors (Lipinski definition) is 0. The van der Waals surface area contributed by atoms with Gasteiger partial charge in [-0.15, -0.1) is 0 Å². The Hall–Kier alpha value is -10.2. The van der Waals surface area contributed by atoms with Gasteiger partial charge in [-0.05, 0) is 141 Å². The summed E-state index contributed by atoms with van der Waals surface area (Å²) >= 11 is 0. The zero-order valence-electron chi connectivity index (χ0n) is 39.3. The predicted octanol–water partition coefficient (Wildman–Crippen LogP) is 17.7. The lowest BCUT2D eigenvalue weighted by atomic mass is 9.89. The summed E-state index contributed by atoms with van der Waals surface area (Å²) in [6.45, 7) is 21.3. The molecule has 0 aliphatic rings. The highest BCUT2D eigenvalue weighted by Crippen LogP contribution is 2.48. The molecule has 6 nitrogen and oxygen atoms in total. The van der Waals surface area contributed by atoms with Gasteiger partial charge in [-0.25, -0.2) is 9.69 Å². The molecule has 0 saturated carbocycles. The SMILES string of the molecule is [C-]#[N+]c1cc(-c2cc(C#N)c(-n3c4ccc(-c5ccccc5)cc4c4cc(-c5ccccc5)ccc43)c([N+]#[C-])c2C)c(C)c(C#N)c1-n1c2ccc(-c3ccccc3)cc2c2cc(-c3ccccc3)ccc21. The van der Waals surface area contributed by atoms with E-state index in [1.165, 1.54) is 0 Å². The van der Waals surface area contributed by atoms with Crippen molar-refractivity contribution in [1.29, 1.82) is 10.5 Å². The van der Waals surface area contributed by atoms with Gasteiger partial charge in [0.15, 0.2) is 0 Å². The second kappa shape index (κ2) is 17.4. The maximum Gasteiger partial charge on any atom is 0.215 e. The van der Waals surface area contributed by atoms with Crippen LogP contribution in [-0.4, -0.2) is 9.13 Å². The van der Waals surface area contributed by atoms with Gasteiger partial charge in [0.25, 0.3) is 0 Å². The maximum absolute atomic E-state index is 11.3. The number of rotatable bonds is 7. The fourth-order valence-corrected chi connectivity index (χ4v) is 10.7. The quantitative estimate of drug-likeness (QED) is 0.150. The lowest BCUT2D eigenvalue weighted by Crippen LogP contribution is -2.04. The van der Waals surface area contributed by atoms with Crippen molar-refractivity contribution in [2.45, 2.75) is 13.8 Å². The van der Waals surface area contributed by atoms with Gasteiger partial charge >= 0.3 is 0 Å². The van der Waals surface area contributed by atoms with E-state index < -0.39 is 0 Å². The van der Waals surface area contributed by atoms with Gasteiger partial charge in [0, 0.05) is 21.5 Å². The summed E-state index contributed by atoms with van der Waals surface area (Å²) in [5, 5.41) is 26.4. The van der Waals surface area contributed by atoms with Gasteiger partial charge in [0.05, 0.1) is 63.8 Å². The van der Waals surface area contributed by atoms with Crippen LogP contribution in [0, 0.1) is 49.7 Å². The molecule has 334 valence electrons. The highest BCUT2D eigenvalue weighted by atomic mass is 15.0. The molecular formula is C66H40N6. The van der Waals surface area contributed by atoms with E-state index in [2.05, 4.69) is 152 Å². The third kappa shape index (κ3) is 6.83. The van der Waals surface area contributed by atoms with Crippen LogP contribution in [0.2, 0.25) is 0 Å².